The lowest BCUT2D eigenvalue weighted by Gasteiger charge is -2.16. The van der Waals surface area contributed by atoms with E-state index in [1.807, 2.05) is 5.32 Å². The summed E-state index contributed by atoms with van der Waals surface area (Å²) in [5.74, 6) is -5.62. The van der Waals surface area contributed by atoms with Gasteiger partial charge >= 0.3 is 0 Å². The van der Waals surface area contributed by atoms with E-state index in [1.165, 1.54) is 13.8 Å². The third-order valence-electron chi connectivity index (χ3n) is 3.31. The van der Waals surface area contributed by atoms with E-state index in [9.17, 15) is 26.4 Å². The van der Waals surface area contributed by atoms with Crippen molar-refractivity contribution in [2.24, 2.45) is 0 Å². The largest absolute Gasteiger partial charge is 0.360 e. The summed E-state index contributed by atoms with van der Waals surface area (Å²) in [6, 6.07) is 1.47. The smallest absolute Gasteiger partial charge is 0.248 e. The first kappa shape index (κ1) is 18.9. The molecule has 0 aliphatic carbocycles. The van der Waals surface area contributed by atoms with Crippen molar-refractivity contribution in [3.63, 3.8) is 0 Å². The van der Waals surface area contributed by atoms with Crippen LogP contribution in [0, 0.1) is 31.3 Å². The number of aryl methyl sites for hydroxylation is 2. The number of carbonyl (C=O) groups is 1. The van der Waals surface area contributed by atoms with Gasteiger partial charge in [0.2, 0.25) is 15.9 Å². The molecule has 2 aromatic rings. The first-order chi connectivity index (χ1) is 11.6. The van der Waals surface area contributed by atoms with Gasteiger partial charge in [-0.2, -0.15) is 4.31 Å². The van der Waals surface area contributed by atoms with E-state index in [4.69, 9.17) is 4.52 Å². The number of rotatable bonds is 5. The average Bonchev–Trinajstić information content (AvgIpc) is 2.87. The second-order valence-corrected chi connectivity index (χ2v) is 7.17. The van der Waals surface area contributed by atoms with Crippen molar-refractivity contribution in [1.82, 2.24) is 9.46 Å². The number of carbonyl (C=O) groups excluding carboxylic acids is 1. The van der Waals surface area contributed by atoms with Crippen LogP contribution in [0.25, 0.3) is 0 Å². The summed E-state index contributed by atoms with van der Waals surface area (Å²) < 4.78 is 69.9. The number of likely N-dealkylation sites (N-methyl/N-ethyl adjacent to an activating group) is 1. The number of benzene rings is 1. The molecule has 25 heavy (non-hydrogen) atoms. The molecule has 11 heteroatoms. The molecule has 0 unspecified atom stereocenters. The number of halogens is 3. The van der Waals surface area contributed by atoms with Crippen molar-refractivity contribution in [2.75, 3.05) is 18.9 Å². The zero-order chi connectivity index (χ0) is 18.9. The quantitative estimate of drug-likeness (QED) is 0.805. The van der Waals surface area contributed by atoms with Crippen molar-refractivity contribution < 1.29 is 30.9 Å². The van der Waals surface area contributed by atoms with Crippen LogP contribution in [0.3, 0.4) is 0 Å². The minimum atomic E-state index is -4.08. The molecule has 2 rings (SSSR count). The van der Waals surface area contributed by atoms with Crippen molar-refractivity contribution in [2.45, 2.75) is 18.7 Å². The van der Waals surface area contributed by atoms with Gasteiger partial charge in [0.15, 0.2) is 23.2 Å². The van der Waals surface area contributed by atoms with Crippen LogP contribution in [0.2, 0.25) is 0 Å². The Balaban J connectivity index is 2.17. The Morgan fingerprint density at radius 1 is 1.24 bits per heavy atom. The summed E-state index contributed by atoms with van der Waals surface area (Å²) in [6.45, 7) is 2.14. The third kappa shape index (κ3) is 3.66. The Bertz CT molecular complexity index is 908. The van der Waals surface area contributed by atoms with Gasteiger partial charge < -0.3 is 9.84 Å². The number of hydrogen-bond acceptors (Lipinski definition) is 5. The van der Waals surface area contributed by atoms with Gasteiger partial charge in [0.1, 0.15) is 10.6 Å². The predicted octanol–water partition coefficient (Wildman–Crippen LogP) is 1.97. The van der Waals surface area contributed by atoms with E-state index >= 15 is 0 Å². The van der Waals surface area contributed by atoms with E-state index in [2.05, 4.69) is 5.16 Å². The molecule has 0 radical (unpaired) electrons. The summed E-state index contributed by atoms with van der Waals surface area (Å²) in [6.07, 6.45) is 0. The fraction of sp³-hybridized carbons (Fsp3) is 0.286. The molecule has 0 aliphatic rings. The number of nitrogens with zero attached hydrogens (tertiary/aromatic N) is 2. The number of nitrogens with one attached hydrogen (secondary N) is 1. The highest BCUT2D eigenvalue weighted by molar-refractivity contribution is 7.89. The van der Waals surface area contributed by atoms with Gasteiger partial charge in [-0.25, -0.2) is 21.6 Å². The predicted molar refractivity (Wildman–Crippen MR) is 80.7 cm³/mol. The van der Waals surface area contributed by atoms with E-state index in [0.717, 1.165) is 13.1 Å². The molecule has 0 spiro atoms. The second kappa shape index (κ2) is 6.84. The van der Waals surface area contributed by atoms with E-state index in [-0.39, 0.29) is 16.3 Å². The molecule has 1 heterocycles. The van der Waals surface area contributed by atoms with Gasteiger partial charge in [0.25, 0.3) is 0 Å². The second-order valence-electron chi connectivity index (χ2n) is 5.19. The Morgan fingerprint density at radius 2 is 1.88 bits per heavy atom. The Hall–Kier alpha value is -2.40. The van der Waals surface area contributed by atoms with Crippen molar-refractivity contribution >= 4 is 21.6 Å². The highest BCUT2D eigenvalue weighted by Crippen LogP contribution is 2.23. The maximum absolute atomic E-state index is 13.5. The molecule has 1 amide bonds. The van der Waals surface area contributed by atoms with Crippen molar-refractivity contribution in [1.29, 1.82) is 0 Å². The monoisotopic (exact) mass is 377 g/mol. The lowest BCUT2D eigenvalue weighted by atomic mass is 10.3. The Labute approximate surface area is 141 Å². The number of sulfonamides is 1. The van der Waals surface area contributed by atoms with Crippen LogP contribution < -0.4 is 5.32 Å². The minimum Gasteiger partial charge on any atom is -0.360 e. The van der Waals surface area contributed by atoms with Crippen LogP contribution in [0.5, 0.6) is 0 Å². The summed E-state index contributed by atoms with van der Waals surface area (Å²) in [5.41, 5.74) is -0.483. The van der Waals surface area contributed by atoms with Gasteiger partial charge in [0, 0.05) is 7.05 Å². The molecule has 1 aromatic carbocycles. The summed E-state index contributed by atoms with van der Waals surface area (Å²) in [7, 11) is -2.95. The molecule has 0 fully saturated rings. The zero-order valence-corrected chi connectivity index (χ0v) is 14.2. The topological polar surface area (TPSA) is 92.5 Å². The van der Waals surface area contributed by atoms with Gasteiger partial charge in [0.05, 0.1) is 12.2 Å². The Morgan fingerprint density at radius 3 is 2.44 bits per heavy atom. The van der Waals surface area contributed by atoms with Crippen LogP contribution in [0.15, 0.2) is 21.6 Å². The number of hydrogen-bond donors (Lipinski definition) is 1. The van der Waals surface area contributed by atoms with E-state index < -0.39 is 45.6 Å². The highest BCUT2D eigenvalue weighted by Gasteiger charge is 2.30. The van der Waals surface area contributed by atoms with Crippen LogP contribution in [0.1, 0.15) is 11.5 Å². The maximum atomic E-state index is 13.5. The lowest BCUT2D eigenvalue weighted by molar-refractivity contribution is -0.116. The normalized spacial score (nSPS) is 11.8. The molecule has 136 valence electrons. The molecule has 1 N–H and O–H groups in total. The fourth-order valence-electron chi connectivity index (χ4n) is 2.10. The first-order valence-corrected chi connectivity index (χ1v) is 8.32. The molecule has 0 saturated carbocycles. The molecular formula is C14H14F3N3O4S. The van der Waals surface area contributed by atoms with E-state index in [1.54, 1.807) is 0 Å². The van der Waals surface area contributed by atoms with Crippen molar-refractivity contribution in [3.05, 3.63) is 41.0 Å². The molecule has 0 aliphatic heterocycles. The highest BCUT2D eigenvalue weighted by atomic mass is 32.2. The van der Waals surface area contributed by atoms with Gasteiger partial charge in [-0.3, -0.25) is 4.79 Å². The average molecular weight is 377 g/mol. The molecule has 7 nitrogen and oxygen atoms in total. The number of amides is 1. The van der Waals surface area contributed by atoms with Gasteiger partial charge in [-0.1, -0.05) is 5.16 Å². The standard InChI is InChI=1S/C14H14F3N3O4S/c1-7-14(8(2)24-19-7)25(22,23)20(3)6-11(21)18-10-5-4-9(15)12(16)13(10)17/h4-5H,6H2,1-3H3,(H,18,21). The van der Waals surface area contributed by atoms with Gasteiger partial charge in [-0.15, -0.1) is 0 Å². The number of anilines is 1. The zero-order valence-electron chi connectivity index (χ0n) is 13.4. The van der Waals surface area contributed by atoms with Crippen LogP contribution >= 0.6 is 0 Å². The molecule has 0 saturated heterocycles. The van der Waals surface area contributed by atoms with E-state index in [0.29, 0.717) is 10.4 Å². The molecule has 0 bridgehead atoms. The van der Waals surface area contributed by atoms with Crippen molar-refractivity contribution in [3.8, 4) is 0 Å². The van der Waals surface area contributed by atoms with Crippen LogP contribution in [0.4, 0.5) is 18.9 Å². The molecular weight excluding hydrogens is 363 g/mol. The van der Waals surface area contributed by atoms with Crippen LogP contribution in [-0.4, -0.2) is 37.4 Å². The Kier molecular flexibility index (Phi) is 5.18. The SMILES string of the molecule is Cc1noc(C)c1S(=O)(=O)N(C)CC(=O)Nc1ccc(F)c(F)c1F. The van der Waals surface area contributed by atoms with Crippen LogP contribution in [-0.2, 0) is 14.8 Å². The van der Waals surface area contributed by atoms with Gasteiger partial charge in [-0.05, 0) is 26.0 Å². The lowest BCUT2D eigenvalue weighted by Crippen LogP contribution is -2.35. The minimum absolute atomic E-state index is 0.0522. The molecule has 1 aromatic heterocycles. The summed E-state index contributed by atoms with van der Waals surface area (Å²) in [4.78, 5) is 11.7. The third-order valence-corrected chi connectivity index (χ3v) is 5.36. The maximum Gasteiger partial charge on any atom is 0.248 e. The fourth-order valence-corrected chi connectivity index (χ4v) is 3.51. The first-order valence-electron chi connectivity index (χ1n) is 6.88. The number of aromatic nitrogens is 1. The summed E-state index contributed by atoms with van der Waals surface area (Å²) in [5, 5.41) is 5.52. The molecule has 0 atom stereocenters. The summed E-state index contributed by atoms with van der Waals surface area (Å²) >= 11 is 0.